The van der Waals surface area contributed by atoms with Gasteiger partial charge in [-0.3, -0.25) is 9.59 Å². The third-order valence-corrected chi connectivity index (χ3v) is 3.86. The largest absolute Gasteiger partial charge is 0.481 e. The van der Waals surface area contributed by atoms with E-state index in [1.807, 2.05) is 6.92 Å². The number of carbonyl (C=O) groups is 2. The van der Waals surface area contributed by atoms with Crippen LogP contribution in [-0.4, -0.2) is 47.6 Å². The number of carboxylic acid groups (broad SMARTS) is 1. The van der Waals surface area contributed by atoms with E-state index in [-0.39, 0.29) is 11.9 Å². The number of hydrogen-bond donors (Lipinski definition) is 2. The summed E-state index contributed by atoms with van der Waals surface area (Å²) in [6.07, 6.45) is 3.15. The molecule has 96 valence electrons. The van der Waals surface area contributed by atoms with Gasteiger partial charge in [-0.25, -0.2) is 0 Å². The summed E-state index contributed by atoms with van der Waals surface area (Å²) in [4.78, 5) is 24.5. The number of nitrogens with one attached hydrogen (secondary N) is 1. The van der Waals surface area contributed by atoms with Crippen molar-refractivity contribution in [1.29, 1.82) is 0 Å². The maximum atomic E-state index is 11.2. The normalized spacial score (nSPS) is 34.6. The molecule has 2 aliphatic heterocycles. The highest BCUT2D eigenvalue weighted by Crippen LogP contribution is 2.30. The zero-order valence-corrected chi connectivity index (χ0v) is 10.2. The second-order valence-electron chi connectivity index (χ2n) is 5.51. The molecule has 2 aliphatic rings. The first kappa shape index (κ1) is 12.4. The van der Waals surface area contributed by atoms with Crippen LogP contribution in [0.1, 0.15) is 32.6 Å². The van der Waals surface area contributed by atoms with Gasteiger partial charge in [0, 0.05) is 25.6 Å². The number of amides is 1. The maximum absolute atomic E-state index is 11.2. The summed E-state index contributed by atoms with van der Waals surface area (Å²) < 4.78 is 0. The Kier molecular flexibility index (Phi) is 3.38. The summed E-state index contributed by atoms with van der Waals surface area (Å²) >= 11 is 0. The summed E-state index contributed by atoms with van der Waals surface area (Å²) in [6, 6.07) is 0.207. The molecule has 2 atom stereocenters. The number of likely N-dealkylation sites (tertiary alicyclic amines) is 1. The fraction of sp³-hybridized carbons (Fsp3) is 0.833. The molecule has 0 aliphatic carbocycles. The molecule has 2 heterocycles. The topological polar surface area (TPSA) is 69.6 Å². The zero-order valence-electron chi connectivity index (χ0n) is 10.2. The van der Waals surface area contributed by atoms with Crippen molar-refractivity contribution in [1.82, 2.24) is 10.2 Å². The van der Waals surface area contributed by atoms with Gasteiger partial charge >= 0.3 is 5.97 Å². The molecule has 0 spiro atoms. The molecule has 0 aromatic rings. The van der Waals surface area contributed by atoms with Crippen LogP contribution in [0.3, 0.4) is 0 Å². The predicted octanol–water partition coefficient (Wildman–Crippen LogP) is 0.452. The van der Waals surface area contributed by atoms with E-state index in [4.69, 9.17) is 0 Å². The van der Waals surface area contributed by atoms with E-state index in [1.54, 1.807) is 0 Å². The van der Waals surface area contributed by atoms with Crippen LogP contribution in [0.15, 0.2) is 0 Å². The van der Waals surface area contributed by atoms with Crippen LogP contribution in [0.25, 0.3) is 0 Å². The van der Waals surface area contributed by atoms with E-state index in [0.29, 0.717) is 13.0 Å². The van der Waals surface area contributed by atoms with Gasteiger partial charge in [-0.2, -0.15) is 0 Å². The molecule has 5 heteroatoms. The first-order valence-electron chi connectivity index (χ1n) is 6.25. The van der Waals surface area contributed by atoms with E-state index < -0.39 is 11.4 Å². The lowest BCUT2D eigenvalue weighted by atomic mass is 9.82. The molecule has 0 bridgehead atoms. The minimum Gasteiger partial charge on any atom is -0.481 e. The number of rotatable bonds is 3. The van der Waals surface area contributed by atoms with Crippen molar-refractivity contribution >= 4 is 11.9 Å². The van der Waals surface area contributed by atoms with Gasteiger partial charge in [0.2, 0.25) is 5.91 Å². The highest BCUT2D eigenvalue weighted by molar-refractivity contribution is 5.78. The molecule has 5 nitrogen and oxygen atoms in total. The molecule has 0 radical (unpaired) electrons. The number of nitrogens with zero attached hydrogens (tertiary/aromatic N) is 1. The van der Waals surface area contributed by atoms with Crippen molar-refractivity contribution in [2.75, 3.05) is 19.6 Å². The minimum atomic E-state index is -0.711. The smallest absolute Gasteiger partial charge is 0.310 e. The van der Waals surface area contributed by atoms with Gasteiger partial charge in [0.25, 0.3) is 0 Å². The first-order valence-corrected chi connectivity index (χ1v) is 6.25. The average molecular weight is 240 g/mol. The monoisotopic (exact) mass is 240 g/mol. The Bertz CT molecular complexity index is 332. The molecule has 0 aromatic heterocycles. The zero-order chi connectivity index (χ0) is 12.5. The molecule has 2 saturated heterocycles. The van der Waals surface area contributed by atoms with E-state index in [9.17, 15) is 14.7 Å². The lowest BCUT2D eigenvalue weighted by Gasteiger charge is -2.38. The number of carboxylic acids is 1. The van der Waals surface area contributed by atoms with Crippen molar-refractivity contribution in [2.24, 2.45) is 5.41 Å². The van der Waals surface area contributed by atoms with Gasteiger partial charge in [0.15, 0.2) is 0 Å². The van der Waals surface area contributed by atoms with Gasteiger partial charge in [0.1, 0.15) is 0 Å². The Hall–Kier alpha value is -1.10. The third-order valence-electron chi connectivity index (χ3n) is 3.86. The van der Waals surface area contributed by atoms with Gasteiger partial charge in [-0.05, 0) is 32.7 Å². The summed E-state index contributed by atoms with van der Waals surface area (Å²) in [7, 11) is 0. The second kappa shape index (κ2) is 4.64. The van der Waals surface area contributed by atoms with Crippen LogP contribution in [-0.2, 0) is 9.59 Å². The highest BCUT2D eigenvalue weighted by atomic mass is 16.4. The Morgan fingerprint density at radius 2 is 2.41 bits per heavy atom. The molecule has 2 fully saturated rings. The molecule has 2 N–H and O–H groups in total. The van der Waals surface area contributed by atoms with Gasteiger partial charge in [0.05, 0.1) is 5.41 Å². The van der Waals surface area contributed by atoms with E-state index in [1.165, 1.54) is 0 Å². The molecule has 2 unspecified atom stereocenters. The van der Waals surface area contributed by atoms with Crippen molar-refractivity contribution in [3.05, 3.63) is 0 Å². The number of aliphatic carboxylic acids is 1. The van der Waals surface area contributed by atoms with Gasteiger partial charge in [-0.15, -0.1) is 0 Å². The SMILES string of the molecule is CC1(C(=O)O)CCCN(CC2CCC(=O)N2)C1. The fourth-order valence-electron chi connectivity index (χ4n) is 2.80. The van der Waals surface area contributed by atoms with Crippen LogP contribution in [0, 0.1) is 5.41 Å². The van der Waals surface area contributed by atoms with Crippen LogP contribution < -0.4 is 5.32 Å². The quantitative estimate of drug-likeness (QED) is 0.751. The standard InChI is InChI=1S/C12H20N2O3/c1-12(11(16)17)5-2-6-14(8-12)7-9-3-4-10(15)13-9/h9H,2-8H2,1H3,(H,13,15)(H,16,17). The summed E-state index contributed by atoms with van der Waals surface area (Å²) in [5, 5.41) is 12.2. The Labute approximate surface area is 101 Å². The summed E-state index contributed by atoms with van der Waals surface area (Å²) in [6.45, 7) is 4.13. The van der Waals surface area contributed by atoms with Crippen molar-refractivity contribution in [3.63, 3.8) is 0 Å². The Balaban J connectivity index is 1.89. The molecule has 17 heavy (non-hydrogen) atoms. The van der Waals surface area contributed by atoms with E-state index >= 15 is 0 Å². The third kappa shape index (κ3) is 2.77. The second-order valence-corrected chi connectivity index (χ2v) is 5.51. The van der Waals surface area contributed by atoms with E-state index in [2.05, 4.69) is 10.2 Å². The lowest BCUT2D eigenvalue weighted by Crippen LogP contribution is -2.49. The molecular weight excluding hydrogens is 220 g/mol. The first-order chi connectivity index (χ1) is 7.99. The van der Waals surface area contributed by atoms with Crippen LogP contribution in [0.5, 0.6) is 0 Å². The van der Waals surface area contributed by atoms with Crippen LogP contribution in [0.4, 0.5) is 0 Å². The number of carbonyl (C=O) groups excluding carboxylic acids is 1. The van der Waals surface area contributed by atoms with Crippen LogP contribution in [0.2, 0.25) is 0 Å². The van der Waals surface area contributed by atoms with Crippen molar-refractivity contribution in [2.45, 2.75) is 38.6 Å². The summed E-state index contributed by atoms with van der Waals surface area (Å²) in [5.41, 5.74) is -0.624. The van der Waals surface area contributed by atoms with Gasteiger partial charge < -0.3 is 15.3 Å². The fourth-order valence-corrected chi connectivity index (χ4v) is 2.80. The predicted molar refractivity (Wildman–Crippen MR) is 62.6 cm³/mol. The molecule has 0 saturated carbocycles. The number of hydrogen-bond acceptors (Lipinski definition) is 3. The molecule has 0 aromatic carbocycles. The summed E-state index contributed by atoms with van der Waals surface area (Å²) in [5.74, 6) is -0.592. The molecular formula is C12H20N2O3. The average Bonchev–Trinajstić information content (AvgIpc) is 2.64. The Morgan fingerprint density at radius 1 is 1.65 bits per heavy atom. The highest BCUT2D eigenvalue weighted by Gasteiger charge is 2.38. The Morgan fingerprint density at radius 3 is 3.00 bits per heavy atom. The van der Waals surface area contributed by atoms with Crippen LogP contribution >= 0.6 is 0 Å². The molecule has 1 amide bonds. The minimum absolute atomic E-state index is 0.119. The van der Waals surface area contributed by atoms with Crippen molar-refractivity contribution < 1.29 is 14.7 Å². The molecule has 2 rings (SSSR count). The maximum Gasteiger partial charge on any atom is 0.310 e. The van der Waals surface area contributed by atoms with E-state index in [0.717, 1.165) is 32.4 Å². The van der Waals surface area contributed by atoms with Gasteiger partial charge in [-0.1, -0.05) is 0 Å². The van der Waals surface area contributed by atoms with Crippen molar-refractivity contribution in [3.8, 4) is 0 Å². The lowest BCUT2D eigenvalue weighted by molar-refractivity contribution is -0.151. The number of piperidine rings is 1.